The van der Waals surface area contributed by atoms with Crippen molar-refractivity contribution in [3.63, 3.8) is 0 Å². The summed E-state index contributed by atoms with van der Waals surface area (Å²) in [5, 5.41) is 23.9. The summed E-state index contributed by atoms with van der Waals surface area (Å²) in [5.74, 6) is -0.550. The molecule has 0 saturated carbocycles. The Kier molecular flexibility index (Phi) is 7.76. The predicted octanol–water partition coefficient (Wildman–Crippen LogP) is -0.0993. The second-order valence-electron chi connectivity index (χ2n) is 7.79. The molecule has 6 atom stereocenters. The number of carbonyl (C=O) groups is 1. The van der Waals surface area contributed by atoms with Gasteiger partial charge in [-0.05, 0) is 26.0 Å². The molecule has 4 N–H and O–H groups in total. The van der Waals surface area contributed by atoms with Crippen molar-refractivity contribution in [2.75, 3.05) is 13.7 Å². The lowest BCUT2D eigenvalue weighted by atomic mass is 9.96. The van der Waals surface area contributed by atoms with Crippen LogP contribution in [0, 0.1) is 0 Å². The van der Waals surface area contributed by atoms with E-state index >= 15 is 0 Å². The molecular weight excluding hydrogens is 473 g/mol. The number of nitrogens with one attached hydrogen (secondary N) is 2. The van der Waals surface area contributed by atoms with E-state index in [2.05, 4.69) is 9.82 Å². The number of aromatic amines is 1. The molecule has 2 aromatic rings. The van der Waals surface area contributed by atoms with Gasteiger partial charge in [-0.25, -0.2) is 9.36 Å². The van der Waals surface area contributed by atoms with Crippen molar-refractivity contribution in [2.45, 2.75) is 43.9 Å². The maximum absolute atomic E-state index is 13.4. The van der Waals surface area contributed by atoms with Crippen molar-refractivity contribution in [2.24, 2.45) is 0 Å². The first-order valence-corrected chi connectivity index (χ1v) is 11.7. The number of carbonyl (C=O) groups excluding carboxylic acids is 1. The number of aromatic nitrogens is 2. The molecule has 1 unspecified atom stereocenters. The highest BCUT2D eigenvalue weighted by molar-refractivity contribution is 7.52. The average molecular weight is 499 g/mol. The van der Waals surface area contributed by atoms with Crippen molar-refractivity contribution >= 4 is 13.7 Å². The average Bonchev–Trinajstić information content (AvgIpc) is 3.01. The fourth-order valence-electron chi connectivity index (χ4n) is 3.34. The Bertz CT molecular complexity index is 1160. The molecule has 0 aliphatic carbocycles. The molecule has 186 valence electrons. The van der Waals surface area contributed by atoms with Crippen molar-refractivity contribution in [3.8, 4) is 5.75 Å². The number of benzene rings is 1. The number of aliphatic hydroxyl groups is 2. The molecular formula is C20H26N3O10P. The van der Waals surface area contributed by atoms with Gasteiger partial charge in [0.1, 0.15) is 29.6 Å². The summed E-state index contributed by atoms with van der Waals surface area (Å²) in [6, 6.07) is 8.00. The lowest BCUT2D eigenvalue weighted by molar-refractivity contribution is -0.142. The Balaban J connectivity index is 1.80. The summed E-state index contributed by atoms with van der Waals surface area (Å²) >= 11 is 0. The second-order valence-corrected chi connectivity index (χ2v) is 9.48. The Morgan fingerprint density at radius 3 is 2.62 bits per heavy atom. The Labute approximate surface area is 193 Å². The number of H-pyrrole nitrogens is 1. The molecule has 1 fully saturated rings. The van der Waals surface area contributed by atoms with Crippen LogP contribution in [-0.2, 0) is 23.4 Å². The van der Waals surface area contributed by atoms with Gasteiger partial charge in [0.15, 0.2) is 6.23 Å². The van der Waals surface area contributed by atoms with E-state index in [1.807, 2.05) is 4.98 Å². The first-order chi connectivity index (χ1) is 16.0. The molecule has 1 aromatic heterocycles. The Hall–Kier alpha value is -2.80. The highest BCUT2D eigenvalue weighted by Crippen LogP contribution is 2.46. The largest absolute Gasteiger partial charge is 0.468 e. The third-order valence-electron chi connectivity index (χ3n) is 5.14. The zero-order valence-corrected chi connectivity index (χ0v) is 19.5. The molecule has 13 nitrogen and oxygen atoms in total. The van der Waals surface area contributed by atoms with Gasteiger partial charge >= 0.3 is 19.4 Å². The fraction of sp³-hybridized carbons (Fsp3) is 0.450. The van der Waals surface area contributed by atoms with Gasteiger partial charge in [0, 0.05) is 12.3 Å². The Morgan fingerprint density at radius 1 is 1.32 bits per heavy atom. The number of esters is 1. The summed E-state index contributed by atoms with van der Waals surface area (Å²) in [5.41, 5.74) is -3.49. The topological polar surface area (TPSA) is 178 Å². The minimum atomic E-state index is -4.23. The van der Waals surface area contributed by atoms with Crippen molar-refractivity contribution in [1.29, 1.82) is 0 Å². The summed E-state index contributed by atoms with van der Waals surface area (Å²) in [4.78, 5) is 37.3. The van der Waals surface area contributed by atoms with Crippen LogP contribution >= 0.6 is 7.75 Å². The SMILES string of the molecule is COC(=O)[C@H](C)NP(=O)(OC[C@H]1O[C@@H](n2ccc(=O)[nH]c2=O)[C@@](C)(O)[C@@H]1O)Oc1ccccc1. The van der Waals surface area contributed by atoms with E-state index in [9.17, 15) is 29.2 Å². The predicted molar refractivity (Wildman–Crippen MR) is 117 cm³/mol. The van der Waals surface area contributed by atoms with Crippen molar-refractivity contribution in [3.05, 3.63) is 63.4 Å². The van der Waals surface area contributed by atoms with E-state index in [1.165, 1.54) is 26.0 Å². The number of para-hydroxylation sites is 1. The molecule has 34 heavy (non-hydrogen) atoms. The van der Waals surface area contributed by atoms with Crippen LogP contribution in [0.2, 0.25) is 0 Å². The van der Waals surface area contributed by atoms with E-state index in [0.717, 1.165) is 23.9 Å². The minimum absolute atomic E-state index is 0.174. The van der Waals surface area contributed by atoms with Gasteiger partial charge < -0.3 is 24.2 Å². The molecule has 1 aliphatic heterocycles. The third kappa shape index (κ3) is 5.63. The van der Waals surface area contributed by atoms with E-state index in [4.69, 9.17) is 13.8 Å². The molecule has 14 heteroatoms. The Morgan fingerprint density at radius 2 is 2.00 bits per heavy atom. The molecule has 3 rings (SSSR count). The van der Waals surface area contributed by atoms with Crippen LogP contribution in [0.3, 0.4) is 0 Å². The molecule has 2 heterocycles. The summed E-state index contributed by atoms with van der Waals surface area (Å²) in [6.45, 7) is 2.06. The fourth-order valence-corrected chi connectivity index (χ4v) is 4.84. The van der Waals surface area contributed by atoms with E-state index in [0.29, 0.717) is 0 Å². The summed E-state index contributed by atoms with van der Waals surface area (Å²) in [7, 11) is -3.07. The van der Waals surface area contributed by atoms with Gasteiger partial charge in [0.2, 0.25) is 0 Å². The highest BCUT2D eigenvalue weighted by Gasteiger charge is 2.54. The van der Waals surface area contributed by atoms with Gasteiger partial charge in [-0.15, -0.1) is 0 Å². The molecule has 0 bridgehead atoms. The normalized spacial score (nSPS) is 27.0. The molecule has 0 amide bonds. The van der Waals surface area contributed by atoms with Gasteiger partial charge in [-0.2, -0.15) is 5.09 Å². The van der Waals surface area contributed by atoms with Crippen molar-refractivity contribution < 1.29 is 38.1 Å². The highest BCUT2D eigenvalue weighted by atomic mass is 31.2. The number of ether oxygens (including phenoxy) is 2. The minimum Gasteiger partial charge on any atom is -0.468 e. The number of aliphatic hydroxyl groups excluding tert-OH is 1. The molecule has 0 radical (unpaired) electrons. The van der Waals surface area contributed by atoms with Crippen LogP contribution in [-0.4, -0.2) is 63.3 Å². The second kappa shape index (κ2) is 10.2. The van der Waals surface area contributed by atoms with Crippen LogP contribution in [0.1, 0.15) is 20.1 Å². The number of methoxy groups -OCH3 is 1. The zero-order chi connectivity index (χ0) is 25.1. The monoisotopic (exact) mass is 499 g/mol. The molecule has 1 saturated heterocycles. The third-order valence-corrected chi connectivity index (χ3v) is 6.79. The first kappa shape index (κ1) is 25.8. The molecule has 0 spiro atoms. The van der Waals surface area contributed by atoms with E-state index in [-0.39, 0.29) is 5.75 Å². The quantitative estimate of drug-likeness (QED) is 0.267. The lowest BCUT2D eigenvalue weighted by Gasteiger charge is -2.27. The zero-order valence-electron chi connectivity index (χ0n) is 18.6. The number of hydrogen-bond acceptors (Lipinski definition) is 10. The number of hydrogen-bond donors (Lipinski definition) is 4. The van der Waals surface area contributed by atoms with Gasteiger partial charge in [-0.3, -0.25) is 23.7 Å². The van der Waals surface area contributed by atoms with E-state index in [1.54, 1.807) is 18.2 Å². The van der Waals surface area contributed by atoms with Crippen LogP contribution in [0.15, 0.2) is 52.2 Å². The van der Waals surface area contributed by atoms with Gasteiger partial charge in [-0.1, -0.05) is 18.2 Å². The lowest BCUT2D eigenvalue weighted by Crippen LogP contribution is -2.47. The maximum Gasteiger partial charge on any atom is 0.459 e. The van der Waals surface area contributed by atoms with E-state index < -0.39 is 61.7 Å². The number of rotatable bonds is 9. The van der Waals surface area contributed by atoms with Crippen LogP contribution in [0.5, 0.6) is 5.75 Å². The van der Waals surface area contributed by atoms with Crippen molar-refractivity contribution in [1.82, 2.24) is 14.6 Å². The van der Waals surface area contributed by atoms with Crippen LogP contribution in [0.4, 0.5) is 0 Å². The van der Waals surface area contributed by atoms with Crippen LogP contribution in [0.25, 0.3) is 0 Å². The standard InChI is InChI=1S/C20H26N3O10P/c1-12(17(26)30-3)22-34(29,33-13-7-5-4-6-8-13)31-11-14-16(25)20(2,28)18(32-14)23-10-9-15(24)21-19(23)27/h4-10,12,14,16,18,25,28H,11H2,1-3H3,(H,22,29)(H,21,24,27)/t12-,14+,16+,18+,20-,34?/m0/s1. The summed E-state index contributed by atoms with van der Waals surface area (Å²) in [6.07, 6.45) is -3.13. The smallest absolute Gasteiger partial charge is 0.459 e. The molecule has 1 aliphatic rings. The van der Waals surface area contributed by atoms with Crippen LogP contribution < -0.4 is 20.9 Å². The molecule has 1 aromatic carbocycles. The first-order valence-electron chi connectivity index (χ1n) is 10.2. The number of nitrogens with zero attached hydrogens (tertiary/aromatic N) is 1. The maximum atomic E-state index is 13.4. The summed E-state index contributed by atoms with van der Waals surface area (Å²) < 4.78 is 35.5. The van der Waals surface area contributed by atoms with Gasteiger partial charge in [0.25, 0.3) is 5.56 Å². The van der Waals surface area contributed by atoms with Gasteiger partial charge in [0.05, 0.1) is 13.7 Å².